The summed E-state index contributed by atoms with van der Waals surface area (Å²) in [7, 11) is 0. The van der Waals surface area contributed by atoms with E-state index in [0.717, 1.165) is 0 Å². The van der Waals surface area contributed by atoms with Crippen molar-refractivity contribution in [1.29, 1.82) is 0 Å². The number of amides is 1. The third-order valence-corrected chi connectivity index (χ3v) is 1.57. The Bertz CT molecular complexity index is 332. The van der Waals surface area contributed by atoms with E-state index in [0.29, 0.717) is 0 Å². The average Bonchev–Trinajstić information content (AvgIpc) is 2.48. The van der Waals surface area contributed by atoms with Gasteiger partial charge < -0.3 is 10.4 Å². The maximum Gasteiger partial charge on any atom is 0.241 e. The Morgan fingerprint density at radius 3 is 3.08 bits per heavy atom. The standard InChI is InChI=1S/C5H9N5O2S/c11-2-1-6-4(12)3-10-5(13)7-8-9-10/h11H,1-3H2,(H,6,12)(H,7,9,13). The number of tetrazole rings is 1. The number of H-pyrrole nitrogens is 1. The second-order valence-electron chi connectivity index (χ2n) is 2.24. The molecule has 13 heavy (non-hydrogen) atoms. The molecule has 0 aliphatic rings. The lowest BCUT2D eigenvalue weighted by Gasteiger charge is -2.01. The lowest BCUT2D eigenvalue weighted by atomic mass is 10.5. The van der Waals surface area contributed by atoms with Crippen LogP contribution in [0.15, 0.2) is 0 Å². The zero-order chi connectivity index (χ0) is 9.68. The summed E-state index contributed by atoms with van der Waals surface area (Å²) in [6.45, 7) is 0.178. The molecule has 1 rings (SSSR count). The predicted molar refractivity (Wildman–Crippen MR) is 45.3 cm³/mol. The molecule has 3 N–H and O–H groups in total. The first-order chi connectivity index (χ1) is 6.24. The first-order valence-electron chi connectivity index (χ1n) is 3.59. The molecule has 0 aliphatic heterocycles. The van der Waals surface area contributed by atoms with E-state index >= 15 is 0 Å². The van der Waals surface area contributed by atoms with E-state index in [1.165, 1.54) is 4.68 Å². The number of aliphatic hydroxyl groups excluding tert-OH is 1. The van der Waals surface area contributed by atoms with E-state index < -0.39 is 0 Å². The quantitative estimate of drug-likeness (QED) is 0.514. The van der Waals surface area contributed by atoms with E-state index in [1.807, 2.05) is 0 Å². The average molecular weight is 203 g/mol. The molecule has 0 unspecified atom stereocenters. The number of aliphatic hydroxyl groups is 1. The van der Waals surface area contributed by atoms with Crippen molar-refractivity contribution in [3.8, 4) is 0 Å². The number of aromatic nitrogens is 4. The number of carbonyl (C=O) groups excluding carboxylic acids is 1. The van der Waals surface area contributed by atoms with Crippen LogP contribution in [-0.2, 0) is 11.3 Å². The van der Waals surface area contributed by atoms with Crippen LogP contribution in [0, 0.1) is 4.77 Å². The molecule has 7 nitrogen and oxygen atoms in total. The molecule has 0 aliphatic carbocycles. The summed E-state index contributed by atoms with van der Waals surface area (Å²) >= 11 is 4.75. The Hall–Kier alpha value is -1.28. The summed E-state index contributed by atoms with van der Waals surface area (Å²) in [5.74, 6) is -0.254. The van der Waals surface area contributed by atoms with Gasteiger partial charge in [-0.25, -0.2) is 4.68 Å². The zero-order valence-electron chi connectivity index (χ0n) is 6.73. The number of aromatic amines is 1. The molecular formula is C5H9N5O2S. The van der Waals surface area contributed by atoms with Crippen molar-refractivity contribution >= 4 is 18.1 Å². The molecule has 0 fully saturated rings. The van der Waals surface area contributed by atoms with Gasteiger partial charge in [0.05, 0.1) is 6.61 Å². The van der Waals surface area contributed by atoms with Crippen LogP contribution in [0.2, 0.25) is 0 Å². The number of carbonyl (C=O) groups is 1. The summed E-state index contributed by atoms with van der Waals surface area (Å²) in [4.78, 5) is 11.1. The third kappa shape index (κ3) is 2.92. The molecule has 1 heterocycles. The predicted octanol–water partition coefficient (Wildman–Crippen LogP) is -1.56. The van der Waals surface area contributed by atoms with Crippen LogP contribution in [0.4, 0.5) is 0 Å². The number of nitrogens with one attached hydrogen (secondary N) is 2. The maximum absolute atomic E-state index is 11.1. The van der Waals surface area contributed by atoms with Gasteiger partial charge >= 0.3 is 0 Å². The fourth-order valence-electron chi connectivity index (χ4n) is 0.714. The Kier molecular flexibility index (Phi) is 3.53. The second kappa shape index (κ2) is 4.67. The van der Waals surface area contributed by atoms with Crippen molar-refractivity contribution in [3.63, 3.8) is 0 Å². The second-order valence-corrected chi connectivity index (χ2v) is 2.61. The van der Waals surface area contributed by atoms with Crippen molar-refractivity contribution in [3.05, 3.63) is 4.77 Å². The fraction of sp³-hybridized carbons (Fsp3) is 0.600. The highest BCUT2D eigenvalue weighted by atomic mass is 32.1. The van der Waals surface area contributed by atoms with Gasteiger partial charge in [0.1, 0.15) is 6.54 Å². The van der Waals surface area contributed by atoms with Gasteiger partial charge in [0, 0.05) is 6.54 Å². The Morgan fingerprint density at radius 1 is 1.77 bits per heavy atom. The van der Waals surface area contributed by atoms with E-state index in [9.17, 15) is 4.79 Å². The number of nitrogens with zero attached hydrogens (tertiary/aromatic N) is 3. The van der Waals surface area contributed by atoms with Crippen LogP contribution in [0.25, 0.3) is 0 Å². The first kappa shape index (κ1) is 9.81. The largest absolute Gasteiger partial charge is 0.395 e. The van der Waals surface area contributed by atoms with Gasteiger partial charge in [0.15, 0.2) is 0 Å². The SMILES string of the molecule is O=C(Cn1[nH]nnc1=S)NCCO. The Morgan fingerprint density at radius 2 is 2.54 bits per heavy atom. The van der Waals surface area contributed by atoms with Crippen LogP contribution >= 0.6 is 12.2 Å². The maximum atomic E-state index is 11.1. The molecule has 0 bridgehead atoms. The number of rotatable bonds is 4. The van der Waals surface area contributed by atoms with Gasteiger partial charge in [-0.1, -0.05) is 10.3 Å². The summed E-state index contributed by atoms with van der Waals surface area (Å²) in [6, 6.07) is 0. The minimum absolute atomic E-state index is 0.0336. The highest BCUT2D eigenvalue weighted by molar-refractivity contribution is 7.71. The third-order valence-electron chi connectivity index (χ3n) is 1.27. The molecule has 1 aromatic rings. The number of hydrogen-bond acceptors (Lipinski definition) is 5. The summed E-state index contributed by atoms with van der Waals surface area (Å²) in [5.41, 5.74) is 0. The summed E-state index contributed by atoms with van der Waals surface area (Å²) in [6.07, 6.45) is 0. The number of hydrogen-bond donors (Lipinski definition) is 3. The molecule has 1 aromatic heterocycles. The van der Waals surface area contributed by atoms with Gasteiger partial charge in [-0.3, -0.25) is 4.79 Å². The normalized spacial score (nSPS) is 9.92. The Balaban J connectivity index is 2.46. The van der Waals surface area contributed by atoms with Gasteiger partial charge in [-0.05, 0) is 12.2 Å². The van der Waals surface area contributed by atoms with Crippen LogP contribution < -0.4 is 5.32 Å². The Labute approximate surface area is 78.7 Å². The highest BCUT2D eigenvalue weighted by Gasteiger charge is 2.02. The van der Waals surface area contributed by atoms with Crippen molar-refractivity contribution < 1.29 is 9.90 Å². The van der Waals surface area contributed by atoms with E-state index in [1.54, 1.807) is 0 Å². The van der Waals surface area contributed by atoms with E-state index in [2.05, 4.69) is 20.8 Å². The molecule has 72 valence electrons. The molecule has 1 amide bonds. The zero-order valence-corrected chi connectivity index (χ0v) is 7.54. The monoisotopic (exact) mass is 203 g/mol. The van der Waals surface area contributed by atoms with E-state index in [4.69, 9.17) is 17.3 Å². The molecule has 0 spiro atoms. The van der Waals surface area contributed by atoms with Gasteiger partial charge in [-0.15, -0.1) is 0 Å². The molecule has 0 aromatic carbocycles. The molecule has 0 saturated carbocycles. The topological polar surface area (TPSA) is 95.8 Å². The first-order valence-corrected chi connectivity index (χ1v) is 4.00. The van der Waals surface area contributed by atoms with Crippen LogP contribution in [0.3, 0.4) is 0 Å². The molecule has 0 atom stereocenters. The smallest absolute Gasteiger partial charge is 0.241 e. The minimum Gasteiger partial charge on any atom is -0.395 e. The van der Waals surface area contributed by atoms with Gasteiger partial charge in [0.25, 0.3) is 0 Å². The lowest BCUT2D eigenvalue weighted by Crippen LogP contribution is -2.30. The van der Waals surface area contributed by atoms with E-state index in [-0.39, 0.29) is 30.4 Å². The minimum atomic E-state index is -0.254. The summed E-state index contributed by atoms with van der Waals surface area (Å²) in [5, 5.41) is 20.2. The van der Waals surface area contributed by atoms with Crippen molar-refractivity contribution in [2.45, 2.75) is 6.54 Å². The fourth-order valence-corrected chi connectivity index (χ4v) is 0.860. The summed E-state index contributed by atoms with van der Waals surface area (Å²) < 4.78 is 1.54. The molecule has 0 saturated heterocycles. The van der Waals surface area contributed by atoms with Crippen LogP contribution in [0.5, 0.6) is 0 Å². The van der Waals surface area contributed by atoms with Crippen LogP contribution in [-0.4, -0.2) is 44.4 Å². The van der Waals surface area contributed by atoms with Crippen LogP contribution in [0.1, 0.15) is 0 Å². The van der Waals surface area contributed by atoms with Crippen molar-refractivity contribution in [2.24, 2.45) is 0 Å². The van der Waals surface area contributed by atoms with Gasteiger partial charge in [-0.2, -0.15) is 5.21 Å². The lowest BCUT2D eigenvalue weighted by molar-refractivity contribution is -0.122. The molecule has 8 heteroatoms. The van der Waals surface area contributed by atoms with Crippen molar-refractivity contribution in [1.82, 2.24) is 25.5 Å². The molecular weight excluding hydrogens is 194 g/mol. The van der Waals surface area contributed by atoms with Crippen molar-refractivity contribution in [2.75, 3.05) is 13.2 Å². The highest BCUT2D eigenvalue weighted by Crippen LogP contribution is 1.82. The molecule has 0 radical (unpaired) electrons. The van der Waals surface area contributed by atoms with Gasteiger partial charge in [0.2, 0.25) is 10.7 Å².